The van der Waals surface area contributed by atoms with Crippen LogP contribution in [0, 0.1) is 0 Å². The molecule has 3 nitrogen and oxygen atoms in total. The third-order valence-electron chi connectivity index (χ3n) is 2.83. The summed E-state index contributed by atoms with van der Waals surface area (Å²) >= 11 is 1.76. The Balaban J connectivity index is 1.96. The molecule has 0 fully saturated rings. The number of likely N-dealkylation sites (N-methyl/N-ethyl adjacent to an activating group) is 1. The van der Waals surface area contributed by atoms with Crippen molar-refractivity contribution in [1.29, 1.82) is 0 Å². The smallest absolute Gasteiger partial charge is 0.335 e. The van der Waals surface area contributed by atoms with Gasteiger partial charge in [0.15, 0.2) is 0 Å². The molecule has 18 heavy (non-hydrogen) atoms. The number of hydrogen-bond acceptors (Lipinski definition) is 3. The molecule has 0 saturated carbocycles. The molecular formula is C14H15NO2S. The van der Waals surface area contributed by atoms with Gasteiger partial charge in [-0.3, -0.25) is 0 Å². The molecule has 0 amide bonds. The highest BCUT2D eigenvalue weighted by Crippen LogP contribution is 2.16. The van der Waals surface area contributed by atoms with Crippen LogP contribution in [0.4, 0.5) is 5.69 Å². The molecule has 94 valence electrons. The molecule has 0 unspecified atom stereocenters. The van der Waals surface area contributed by atoms with E-state index in [0.717, 1.165) is 18.7 Å². The van der Waals surface area contributed by atoms with E-state index in [1.54, 1.807) is 23.5 Å². The minimum absolute atomic E-state index is 0.324. The van der Waals surface area contributed by atoms with E-state index >= 15 is 0 Å². The number of carbonyl (C=O) groups is 1. The molecule has 1 aromatic carbocycles. The van der Waals surface area contributed by atoms with Crippen molar-refractivity contribution in [3.8, 4) is 0 Å². The molecule has 2 rings (SSSR count). The molecule has 1 aromatic heterocycles. The molecule has 0 radical (unpaired) electrons. The van der Waals surface area contributed by atoms with Gasteiger partial charge in [0.25, 0.3) is 0 Å². The Morgan fingerprint density at radius 3 is 2.56 bits per heavy atom. The third kappa shape index (κ3) is 3.11. The van der Waals surface area contributed by atoms with Crippen molar-refractivity contribution in [1.82, 2.24) is 0 Å². The lowest BCUT2D eigenvalue weighted by molar-refractivity contribution is 0.0697. The number of rotatable bonds is 5. The van der Waals surface area contributed by atoms with Crippen molar-refractivity contribution in [2.45, 2.75) is 6.42 Å². The topological polar surface area (TPSA) is 40.5 Å². The number of aromatic carboxylic acids is 1. The Hall–Kier alpha value is -1.81. The number of carboxylic acid groups (broad SMARTS) is 1. The molecule has 1 N–H and O–H groups in total. The fourth-order valence-corrected chi connectivity index (χ4v) is 2.42. The van der Waals surface area contributed by atoms with Gasteiger partial charge in [-0.05, 0) is 42.1 Å². The van der Waals surface area contributed by atoms with Crippen LogP contribution in [0.5, 0.6) is 0 Å². The summed E-state index contributed by atoms with van der Waals surface area (Å²) in [5.74, 6) is -0.886. The van der Waals surface area contributed by atoms with Crippen molar-refractivity contribution < 1.29 is 9.90 Å². The first-order valence-corrected chi connectivity index (χ1v) is 6.61. The molecule has 0 aliphatic carbocycles. The van der Waals surface area contributed by atoms with Crippen LogP contribution in [0.2, 0.25) is 0 Å². The average Bonchev–Trinajstić information content (AvgIpc) is 2.89. The summed E-state index contributed by atoms with van der Waals surface area (Å²) in [6, 6.07) is 11.2. The van der Waals surface area contributed by atoms with E-state index in [0.29, 0.717) is 5.56 Å². The molecule has 2 aromatic rings. The molecule has 0 spiro atoms. The number of anilines is 1. The lowest BCUT2D eigenvalue weighted by atomic mass is 10.2. The van der Waals surface area contributed by atoms with Gasteiger partial charge < -0.3 is 10.0 Å². The SMILES string of the molecule is CN(CCc1cccs1)c1ccc(C(=O)O)cc1. The van der Waals surface area contributed by atoms with Gasteiger partial charge in [0, 0.05) is 24.2 Å². The summed E-state index contributed by atoms with van der Waals surface area (Å²) in [4.78, 5) is 14.2. The first-order chi connectivity index (χ1) is 8.66. The van der Waals surface area contributed by atoms with Gasteiger partial charge in [-0.15, -0.1) is 11.3 Å². The summed E-state index contributed by atoms with van der Waals surface area (Å²) in [5.41, 5.74) is 1.36. The molecule has 0 bridgehead atoms. The van der Waals surface area contributed by atoms with Gasteiger partial charge in [0.1, 0.15) is 0 Å². The Labute approximate surface area is 110 Å². The minimum Gasteiger partial charge on any atom is -0.478 e. The second kappa shape index (κ2) is 5.69. The van der Waals surface area contributed by atoms with Crippen LogP contribution in [-0.4, -0.2) is 24.7 Å². The summed E-state index contributed by atoms with van der Waals surface area (Å²) in [6.07, 6.45) is 1.01. The normalized spacial score (nSPS) is 10.3. The van der Waals surface area contributed by atoms with Gasteiger partial charge in [-0.25, -0.2) is 4.79 Å². The fraction of sp³-hybridized carbons (Fsp3) is 0.214. The van der Waals surface area contributed by atoms with E-state index in [9.17, 15) is 4.79 Å². The van der Waals surface area contributed by atoms with Crippen LogP contribution in [0.25, 0.3) is 0 Å². The number of thiophene rings is 1. The van der Waals surface area contributed by atoms with Gasteiger partial charge >= 0.3 is 5.97 Å². The molecule has 1 heterocycles. The van der Waals surface area contributed by atoms with E-state index < -0.39 is 5.97 Å². The van der Waals surface area contributed by atoms with Crippen molar-refractivity contribution in [2.24, 2.45) is 0 Å². The molecule has 0 atom stereocenters. The number of hydrogen-bond donors (Lipinski definition) is 1. The second-order valence-electron chi connectivity index (χ2n) is 4.10. The standard InChI is InChI=1S/C14H15NO2S/c1-15(9-8-13-3-2-10-18-13)12-6-4-11(5-7-12)14(16)17/h2-7,10H,8-9H2,1H3,(H,16,17). The molecule has 0 saturated heterocycles. The van der Waals surface area contributed by atoms with Gasteiger partial charge in [0.2, 0.25) is 0 Å². The van der Waals surface area contributed by atoms with Crippen molar-refractivity contribution in [3.63, 3.8) is 0 Å². The van der Waals surface area contributed by atoms with Crippen molar-refractivity contribution in [2.75, 3.05) is 18.5 Å². The van der Waals surface area contributed by atoms with Crippen LogP contribution < -0.4 is 4.90 Å². The summed E-state index contributed by atoms with van der Waals surface area (Å²) in [7, 11) is 2.02. The van der Waals surface area contributed by atoms with E-state index in [1.165, 1.54) is 4.88 Å². The van der Waals surface area contributed by atoms with E-state index in [4.69, 9.17) is 5.11 Å². The highest BCUT2D eigenvalue weighted by molar-refractivity contribution is 7.09. The molecular weight excluding hydrogens is 246 g/mol. The molecule has 4 heteroatoms. The first kappa shape index (κ1) is 12.6. The minimum atomic E-state index is -0.886. The fourth-order valence-electron chi connectivity index (χ4n) is 1.72. The van der Waals surface area contributed by atoms with E-state index in [-0.39, 0.29) is 0 Å². The van der Waals surface area contributed by atoms with Crippen LogP contribution in [-0.2, 0) is 6.42 Å². The Bertz CT molecular complexity index is 505. The van der Waals surface area contributed by atoms with E-state index in [1.807, 2.05) is 19.2 Å². The Morgan fingerprint density at radius 2 is 2.00 bits per heavy atom. The van der Waals surface area contributed by atoms with Gasteiger partial charge in [-0.2, -0.15) is 0 Å². The maximum atomic E-state index is 10.8. The third-order valence-corrected chi connectivity index (χ3v) is 3.76. The highest BCUT2D eigenvalue weighted by atomic mass is 32.1. The maximum absolute atomic E-state index is 10.8. The Kier molecular flexibility index (Phi) is 3.99. The number of carboxylic acids is 1. The van der Waals surface area contributed by atoms with Gasteiger partial charge in [0.05, 0.1) is 5.56 Å². The molecule has 0 aliphatic heterocycles. The first-order valence-electron chi connectivity index (χ1n) is 5.73. The van der Waals surface area contributed by atoms with Crippen molar-refractivity contribution >= 4 is 23.0 Å². The largest absolute Gasteiger partial charge is 0.478 e. The van der Waals surface area contributed by atoms with E-state index in [2.05, 4.69) is 22.4 Å². The monoisotopic (exact) mass is 261 g/mol. The van der Waals surface area contributed by atoms with Crippen LogP contribution in [0.15, 0.2) is 41.8 Å². The number of nitrogens with zero attached hydrogens (tertiary/aromatic N) is 1. The average molecular weight is 261 g/mol. The Morgan fingerprint density at radius 1 is 1.28 bits per heavy atom. The second-order valence-corrected chi connectivity index (χ2v) is 5.14. The van der Waals surface area contributed by atoms with Crippen molar-refractivity contribution in [3.05, 3.63) is 52.2 Å². The van der Waals surface area contributed by atoms with Crippen LogP contribution in [0.3, 0.4) is 0 Å². The van der Waals surface area contributed by atoms with Crippen LogP contribution in [0.1, 0.15) is 15.2 Å². The highest BCUT2D eigenvalue weighted by Gasteiger charge is 2.05. The maximum Gasteiger partial charge on any atom is 0.335 e. The predicted molar refractivity (Wildman–Crippen MR) is 74.7 cm³/mol. The summed E-state index contributed by atoms with van der Waals surface area (Å²) in [5, 5.41) is 10.9. The summed E-state index contributed by atoms with van der Waals surface area (Å²) in [6.45, 7) is 0.924. The predicted octanol–water partition coefficient (Wildman–Crippen LogP) is 3.13. The molecule has 0 aliphatic rings. The van der Waals surface area contributed by atoms with Crippen LogP contribution >= 0.6 is 11.3 Å². The lowest BCUT2D eigenvalue weighted by Gasteiger charge is -2.18. The zero-order valence-corrected chi connectivity index (χ0v) is 11.0. The zero-order valence-electron chi connectivity index (χ0n) is 10.2. The van der Waals surface area contributed by atoms with Gasteiger partial charge in [-0.1, -0.05) is 6.07 Å². The lowest BCUT2D eigenvalue weighted by Crippen LogP contribution is -2.19. The quantitative estimate of drug-likeness (QED) is 0.899. The zero-order chi connectivity index (χ0) is 13.0. The number of benzene rings is 1. The summed E-state index contributed by atoms with van der Waals surface area (Å²) < 4.78 is 0.